The van der Waals surface area contributed by atoms with Gasteiger partial charge in [0.1, 0.15) is 5.76 Å². The molecule has 0 spiro atoms. The highest BCUT2D eigenvalue weighted by atomic mass is 16.5. The normalized spacial score (nSPS) is 14.4. The summed E-state index contributed by atoms with van der Waals surface area (Å²) in [4.78, 5) is 30.9. The molecular formula is C31H30N2O4. The van der Waals surface area contributed by atoms with Crippen molar-refractivity contribution in [2.75, 3.05) is 11.9 Å². The van der Waals surface area contributed by atoms with E-state index < -0.39 is 5.97 Å². The number of amides is 1. The standard InChI is InChI=1S/C31H30N2O4/c1-31(2,3)21-13-15-22(16-14-21)32-27(34)19-37-30(35)28-24-10-4-5-12-26(24)33-29-20(8-6-11-25(28)29)18-23-9-7-17-36-23/h4-5,7,9-10,12-18H,6,8,11,19H2,1-3H3,(H,32,34)/b20-18+. The SMILES string of the molecule is CC(C)(C)c1ccc(NC(=O)COC(=O)c2c3c(nc4ccccc24)/C(=C/c2ccco2)CCC3)cc1. The maximum atomic E-state index is 13.4. The highest BCUT2D eigenvalue weighted by Crippen LogP contribution is 2.36. The Morgan fingerprint density at radius 1 is 1.03 bits per heavy atom. The summed E-state index contributed by atoms with van der Waals surface area (Å²) in [5, 5.41) is 3.54. The second-order valence-corrected chi connectivity index (χ2v) is 10.3. The van der Waals surface area contributed by atoms with Crippen molar-refractivity contribution in [3.05, 3.63) is 95.1 Å². The molecule has 2 aromatic heterocycles. The molecule has 37 heavy (non-hydrogen) atoms. The Bertz CT molecular complexity index is 1480. The number of pyridine rings is 1. The molecule has 5 rings (SSSR count). The van der Waals surface area contributed by atoms with Crippen LogP contribution in [0, 0.1) is 0 Å². The molecule has 1 aliphatic rings. The summed E-state index contributed by atoms with van der Waals surface area (Å²) in [6.07, 6.45) is 6.04. The summed E-state index contributed by atoms with van der Waals surface area (Å²) in [6.45, 7) is 6.03. The number of allylic oxidation sites excluding steroid dienone is 1. The molecule has 0 saturated heterocycles. The van der Waals surface area contributed by atoms with E-state index in [1.165, 1.54) is 5.56 Å². The number of esters is 1. The summed E-state index contributed by atoms with van der Waals surface area (Å²) in [6, 6.07) is 19.0. The maximum Gasteiger partial charge on any atom is 0.339 e. The van der Waals surface area contributed by atoms with Crippen LogP contribution < -0.4 is 5.32 Å². The van der Waals surface area contributed by atoms with Crippen molar-refractivity contribution in [1.82, 2.24) is 4.98 Å². The average Bonchev–Trinajstić information content (AvgIpc) is 3.39. The van der Waals surface area contributed by atoms with Gasteiger partial charge in [0.05, 0.1) is 23.0 Å². The zero-order valence-corrected chi connectivity index (χ0v) is 21.3. The Hall–Kier alpha value is -4.19. The lowest BCUT2D eigenvalue weighted by Gasteiger charge is -2.22. The van der Waals surface area contributed by atoms with Crippen LogP contribution in [0.5, 0.6) is 0 Å². The van der Waals surface area contributed by atoms with Gasteiger partial charge in [-0.2, -0.15) is 0 Å². The monoisotopic (exact) mass is 494 g/mol. The number of furan rings is 1. The van der Waals surface area contributed by atoms with Gasteiger partial charge in [-0.1, -0.05) is 51.1 Å². The van der Waals surface area contributed by atoms with Gasteiger partial charge in [0.15, 0.2) is 6.61 Å². The number of benzene rings is 2. The summed E-state index contributed by atoms with van der Waals surface area (Å²) in [5.74, 6) is -0.163. The molecule has 2 aromatic carbocycles. The first kappa shape index (κ1) is 24.5. The van der Waals surface area contributed by atoms with Crippen molar-refractivity contribution in [2.45, 2.75) is 45.4 Å². The fourth-order valence-corrected chi connectivity index (χ4v) is 4.71. The predicted molar refractivity (Wildman–Crippen MR) is 145 cm³/mol. The first-order chi connectivity index (χ1) is 17.8. The quantitative estimate of drug-likeness (QED) is 0.309. The van der Waals surface area contributed by atoms with E-state index in [2.05, 4.69) is 26.1 Å². The molecule has 6 heteroatoms. The molecule has 2 heterocycles. The number of nitrogens with one attached hydrogen (secondary N) is 1. The third-order valence-corrected chi connectivity index (χ3v) is 6.60. The molecule has 6 nitrogen and oxygen atoms in total. The van der Waals surface area contributed by atoms with Crippen LogP contribution in [0.1, 0.15) is 66.6 Å². The summed E-state index contributed by atoms with van der Waals surface area (Å²) in [5.41, 5.74) is 5.71. The molecule has 1 aliphatic carbocycles. The van der Waals surface area contributed by atoms with Crippen molar-refractivity contribution in [1.29, 1.82) is 0 Å². The molecule has 1 N–H and O–H groups in total. The van der Waals surface area contributed by atoms with Gasteiger partial charge in [-0.15, -0.1) is 0 Å². The van der Waals surface area contributed by atoms with Gasteiger partial charge in [-0.3, -0.25) is 4.79 Å². The van der Waals surface area contributed by atoms with E-state index in [0.29, 0.717) is 23.2 Å². The zero-order valence-electron chi connectivity index (χ0n) is 21.3. The molecule has 188 valence electrons. The third-order valence-electron chi connectivity index (χ3n) is 6.60. The largest absolute Gasteiger partial charge is 0.465 e. The molecule has 0 saturated carbocycles. The number of hydrogen-bond donors (Lipinski definition) is 1. The minimum absolute atomic E-state index is 0.0253. The second kappa shape index (κ2) is 10.1. The number of rotatable bonds is 5. The topological polar surface area (TPSA) is 81.4 Å². The van der Waals surface area contributed by atoms with Crippen molar-refractivity contribution in [3.8, 4) is 0 Å². The highest BCUT2D eigenvalue weighted by Gasteiger charge is 2.26. The molecule has 1 amide bonds. The lowest BCUT2D eigenvalue weighted by Crippen LogP contribution is -2.22. The lowest BCUT2D eigenvalue weighted by molar-refractivity contribution is -0.119. The Kier molecular flexibility index (Phi) is 6.66. The third kappa shape index (κ3) is 5.33. The molecule has 4 aromatic rings. The number of anilines is 1. The molecule has 0 aliphatic heterocycles. The fourth-order valence-electron chi connectivity index (χ4n) is 4.71. The molecule has 0 atom stereocenters. The summed E-state index contributed by atoms with van der Waals surface area (Å²) < 4.78 is 11.1. The number of carbonyl (C=O) groups excluding carboxylic acids is 2. The van der Waals surface area contributed by atoms with E-state index in [1.54, 1.807) is 6.26 Å². The summed E-state index contributed by atoms with van der Waals surface area (Å²) in [7, 11) is 0. The Morgan fingerprint density at radius 3 is 2.54 bits per heavy atom. The molecular weight excluding hydrogens is 464 g/mol. The van der Waals surface area contributed by atoms with Gasteiger partial charge in [0.2, 0.25) is 0 Å². The zero-order chi connectivity index (χ0) is 26.0. The molecule has 0 radical (unpaired) electrons. The van der Waals surface area contributed by atoms with Crippen LogP contribution in [-0.2, 0) is 21.4 Å². The molecule has 0 unspecified atom stereocenters. The maximum absolute atomic E-state index is 13.4. The van der Waals surface area contributed by atoms with Crippen molar-refractivity contribution >= 4 is 40.1 Å². The lowest BCUT2D eigenvalue weighted by atomic mass is 9.86. The van der Waals surface area contributed by atoms with Crippen LogP contribution in [0.3, 0.4) is 0 Å². The van der Waals surface area contributed by atoms with Gasteiger partial charge >= 0.3 is 5.97 Å². The number of aromatic nitrogens is 1. The number of fused-ring (bicyclic) bond motifs is 2. The van der Waals surface area contributed by atoms with Gasteiger partial charge in [-0.25, -0.2) is 9.78 Å². The first-order valence-electron chi connectivity index (χ1n) is 12.5. The fraction of sp³-hybridized carbons (Fsp3) is 0.258. The van der Waals surface area contributed by atoms with Crippen molar-refractivity contribution in [2.24, 2.45) is 0 Å². The van der Waals surface area contributed by atoms with E-state index in [1.807, 2.05) is 66.7 Å². The van der Waals surface area contributed by atoms with E-state index >= 15 is 0 Å². The average molecular weight is 495 g/mol. The Balaban J connectivity index is 1.38. The van der Waals surface area contributed by atoms with Crippen molar-refractivity contribution in [3.63, 3.8) is 0 Å². The van der Waals surface area contributed by atoms with Crippen LogP contribution >= 0.6 is 0 Å². The van der Waals surface area contributed by atoms with Gasteiger partial charge in [0.25, 0.3) is 5.91 Å². The van der Waals surface area contributed by atoms with Crippen LogP contribution in [0.2, 0.25) is 0 Å². The minimum Gasteiger partial charge on any atom is -0.465 e. The van der Waals surface area contributed by atoms with Crippen LogP contribution in [-0.4, -0.2) is 23.5 Å². The highest BCUT2D eigenvalue weighted by molar-refractivity contribution is 6.07. The van der Waals surface area contributed by atoms with Crippen LogP contribution in [0.4, 0.5) is 5.69 Å². The second-order valence-electron chi connectivity index (χ2n) is 10.3. The molecule has 0 bridgehead atoms. The van der Waals surface area contributed by atoms with Gasteiger partial charge in [0, 0.05) is 11.1 Å². The van der Waals surface area contributed by atoms with E-state index in [9.17, 15) is 9.59 Å². The number of ether oxygens (including phenoxy) is 1. The number of hydrogen-bond acceptors (Lipinski definition) is 5. The Morgan fingerprint density at radius 2 is 1.81 bits per heavy atom. The summed E-state index contributed by atoms with van der Waals surface area (Å²) >= 11 is 0. The first-order valence-corrected chi connectivity index (χ1v) is 12.5. The van der Waals surface area contributed by atoms with E-state index in [-0.39, 0.29) is 17.9 Å². The van der Waals surface area contributed by atoms with Crippen LogP contribution in [0.15, 0.2) is 71.3 Å². The smallest absolute Gasteiger partial charge is 0.339 e. The van der Waals surface area contributed by atoms with E-state index in [0.717, 1.165) is 40.8 Å². The van der Waals surface area contributed by atoms with Gasteiger partial charge in [-0.05, 0) is 77.8 Å². The number of nitrogens with zero attached hydrogens (tertiary/aromatic N) is 1. The number of para-hydroxylation sites is 1. The van der Waals surface area contributed by atoms with Crippen molar-refractivity contribution < 1.29 is 18.7 Å². The molecule has 0 fully saturated rings. The van der Waals surface area contributed by atoms with Gasteiger partial charge < -0.3 is 14.5 Å². The number of carbonyl (C=O) groups is 2. The Labute approximate surface area is 216 Å². The predicted octanol–water partition coefficient (Wildman–Crippen LogP) is 6.80. The van der Waals surface area contributed by atoms with Crippen LogP contribution in [0.25, 0.3) is 22.6 Å². The minimum atomic E-state index is -0.521. The van der Waals surface area contributed by atoms with E-state index in [4.69, 9.17) is 14.1 Å².